The third kappa shape index (κ3) is 2.85. The van der Waals surface area contributed by atoms with E-state index in [2.05, 4.69) is 23.5 Å². The van der Waals surface area contributed by atoms with Crippen molar-refractivity contribution in [3.63, 3.8) is 0 Å². The van der Waals surface area contributed by atoms with Gasteiger partial charge in [0.2, 0.25) is 6.79 Å². The second kappa shape index (κ2) is 6.49. The van der Waals surface area contributed by atoms with Gasteiger partial charge >= 0.3 is 0 Å². The van der Waals surface area contributed by atoms with Crippen molar-refractivity contribution in [2.24, 2.45) is 5.92 Å². The molecule has 0 aromatic heterocycles. The maximum absolute atomic E-state index is 12.7. The van der Waals surface area contributed by atoms with E-state index in [1.165, 1.54) is 0 Å². The molecule has 1 saturated carbocycles. The van der Waals surface area contributed by atoms with Crippen LogP contribution < -0.4 is 14.8 Å². The van der Waals surface area contributed by atoms with Crippen molar-refractivity contribution in [2.45, 2.75) is 25.0 Å². The van der Waals surface area contributed by atoms with Gasteiger partial charge in [0.15, 0.2) is 11.5 Å². The van der Waals surface area contributed by atoms with E-state index in [4.69, 9.17) is 14.2 Å². The van der Waals surface area contributed by atoms with Crippen LogP contribution in [0.4, 0.5) is 0 Å². The number of hydrogen-bond acceptors (Lipinski definition) is 4. The zero-order chi connectivity index (χ0) is 19.4. The van der Waals surface area contributed by atoms with Gasteiger partial charge in [0.05, 0.1) is 6.10 Å². The third-order valence-electron chi connectivity index (χ3n) is 6.39. The van der Waals surface area contributed by atoms with Crippen molar-refractivity contribution in [2.75, 3.05) is 13.4 Å². The van der Waals surface area contributed by atoms with E-state index in [1.54, 1.807) is 0 Å². The van der Waals surface area contributed by atoms with Gasteiger partial charge < -0.3 is 19.5 Å². The van der Waals surface area contributed by atoms with Gasteiger partial charge in [0.25, 0.3) is 5.91 Å². The number of fused-ring (bicyclic) bond motifs is 3. The summed E-state index contributed by atoms with van der Waals surface area (Å²) in [6.07, 6.45) is 2.34. The minimum Gasteiger partial charge on any atom is -0.454 e. The van der Waals surface area contributed by atoms with Crippen LogP contribution in [-0.4, -0.2) is 31.5 Å². The van der Waals surface area contributed by atoms with Crippen LogP contribution in [-0.2, 0) is 4.74 Å². The molecule has 1 N–H and O–H groups in total. The zero-order valence-corrected chi connectivity index (χ0v) is 15.9. The molecule has 3 aromatic carbocycles. The molecule has 6 rings (SSSR count). The predicted molar refractivity (Wildman–Crippen MR) is 109 cm³/mol. The number of carbonyl (C=O) groups is 1. The summed E-state index contributed by atoms with van der Waals surface area (Å²) in [5.41, 5.74) is 2.89. The summed E-state index contributed by atoms with van der Waals surface area (Å²) in [5, 5.41) is 5.34. The molecule has 5 heteroatoms. The number of nitrogens with one attached hydrogen (secondary N) is 1. The standard InChI is InChI=1S/C24H21NO4/c26-24(25-20-12-22-19(20)7-8-27-22)18-4-3-14-9-15(1-2-16(14)10-18)17-5-6-21-23(11-17)29-13-28-21/h1-6,9-11,19-20,22H,7-8,12-13H2,(H,25,26)/t19-,20+,22+/m0/s1. The van der Waals surface area contributed by atoms with Crippen molar-refractivity contribution >= 4 is 16.7 Å². The molecule has 0 radical (unpaired) electrons. The monoisotopic (exact) mass is 387 g/mol. The van der Waals surface area contributed by atoms with Crippen LogP contribution in [0.25, 0.3) is 21.9 Å². The number of benzene rings is 3. The van der Waals surface area contributed by atoms with E-state index in [1.807, 2.05) is 36.4 Å². The van der Waals surface area contributed by atoms with Gasteiger partial charge in [0, 0.05) is 24.1 Å². The smallest absolute Gasteiger partial charge is 0.251 e. The van der Waals surface area contributed by atoms with E-state index in [0.717, 1.165) is 52.8 Å². The van der Waals surface area contributed by atoms with E-state index in [0.29, 0.717) is 17.6 Å². The summed E-state index contributed by atoms with van der Waals surface area (Å²) in [7, 11) is 0. The molecule has 146 valence electrons. The van der Waals surface area contributed by atoms with E-state index < -0.39 is 0 Å². The van der Waals surface area contributed by atoms with Crippen LogP contribution in [0.5, 0.6) is 11.5 Å². The van der Waals surface area contributed by atoms with Crippen LogP contribution in [0.15, 0.2) is 54.6 Å². The van der Waals surface area contributed by atoms with Crippen molar-refractivity contribution in [3.05, 3.63) is 60.2 Å². The van der Waals surface area contributed by atoms with Crippen molar-refractivity contribution in [1.29, 1.82) is 0 Å². The van der Waals surface area contributed by atoms with Crippen LogP contribution in [0, 0.1) is 5.92 Å². The Morgan fingerprint density at radius 1 is 0.897 bits per heavy atom. The van der Waals surface area contributed by atoms with Gasteiger partial charge in [-0.25, -0.2) is 0 Å². The first-order valence-corrected chi connectivity index (χ1v) is 10.1. The maximum Gasteiger partial charge on any atom is 0.251 e. The molecule has 1 saturated heterocycles. The average molecular weight is 387 g/mol. The highest BCUT2D eigenvalue weighted by Crippen LogP contribution is 2.39. The van der Waals surface area contributed by atoms with Gasteiger partial charge in [-0.1, -0.05) is 24.3 Å². The van der Waals surface area contributed by atoms with E-state index in [9.17, 15) is 4.79 Å². The molecule has 2 aliphatic heterocycles. The summed E-state index contributed by atoms with van der Waals surface area (Å²) in [6.45, 7) is 1.10. The molecule has 3 atom stereocenters. The lowest BCUT2D eigenvalue weighted by atomic mass is 9.76. The summed E-state index contributed by atoms with van der Waals surface area (Å²) in [5.74, 6) is 2.05. The maximum atomic E-state index is 12.7. The number of hydrogen-bond donors (Lipinski definition) is 1. The molecule has 2 heterocycles. The van der Waals surface area contributed by atoms with Gasteiger partial charge in [-0.3, -0.25) is 4.79 Å². The number of ether oxygens (including phenoxy) is 3. The normalized spacial score (nSPS) is 24.2. The third-order valence-corrected chi connectivity index (χ3v) is 6.39. The lowest BCUT2D eigenvalue weighted by molar-refractivity contribution is 0.00810. The number of rotatable bonds is 3. The van der Waals surface area contributed by atoms with Crippen LogP contribution in [0.3, 0.4) is 0 Å². The molecule has 3 aliphatic rings. The van der Waals surface area contributed by atoms with Crippen molar-refractivity contribution in [1.82, 2.24) is 5.32 Å². The summed E-state index contributed by atoms with van der Waals surface area (Å²) >= 11 is 0. The highest BCUT2D eigenvalue weighted by Gasteiger charge is 2.45. The summed E-state index contributed by atoms with van der Waals surface area (Å²) < 4.78 is 16.5. The molecule has 3 aromatic rings. The molecule has 0 spiro atoms. The predicted octanol–water partition coefficient (Wildman–Crippen LogP) is 4.14. The fraction of sp³-hybridized carbons (Fsp3) is 0.292. The Morgan fingerprint density at radius 2 is 1.69 bits per heavy atom. The van der Waals surface area contributed by atoms with Gasteiger partial charge in [0.1, 0.15) is 0 Å². The second-order valence-corrected chi connectivity index (χ2v) is 8.02. The first-order valence-electron chi connectivity index (χ1n) is 10.1. The Hall–Kier alpha value is -3.05. The van der Waals surface area contributed by atoms with E-state index >= 15 is 0 Å². The Kier molecular flexibility index (Phi) is 3.78. The minimum atomic E-state index is 0.00194. The van der Waals surface area contributed by atoms with Crippen molar-refractivity contribution < 1.29 is 19.0 Å². The molecule has 5 nitrogen and oxygen atoms in total. The largest absolute Gasteiger partial charge is 0.454 e. The number of carbonyl (C=O) groups excluding carboxylic acids is 1. The van der Waals surface area contributed by atoms with Crippen LogP contribution in [0.2, 0.25) is 0 Å². The van der Waals surface area contributed by atoms with Crippen LogP contribution >= 0.6 is 0 Å². The molecular weight excluding hydrogens is 366 g/mol. The molecule has 0 bridgehead atoms. The lowest BCUT2D eigenvalue weighted by Crippen LogP contribution is -2.53. The Balaban J connectivity index is 1.24. The Labute approximate surface area is 168 Å². The average Bonchev–Trinajstić information content (AvgIpc) is 3.36. The van der Waals surface area contributed by atoms with Gasteiger partial charge in [-0.2, -0.15) is 0 Å². The molecular formula is C24H21NO4. The Morgan fingerprint density at radius 3 is 2.62 bits per heavy atom. The first kappa shape index (κ1) is 16.9. The van der Waals surface area contributed by atoms with E-state index in [-0.39, 0.29) is 18.7 Å². The number of amides is 1. The lowest BCUT2D eigenvalue weighted by Gasteiger charge is -2.39. The molecule has 2 fully saturated rings. The topological polar surface area (TPSA) is 56.8 Å². The molecule has 1 amide bonds. The zero-order valence-electron chi connectivity index (χ0n) is 15.9. The van der Waals surface area contributed by atoms with Crippen LogP contribution in [0.1, 0.15) is 23.2 Å². The van der Waals surface area contributed by atoms with Gasteiger partial charge in [-0.05, 0) is 65.1 Å². The highest BCUT2D eigenvalue weighted by atomic mass is 16.7. The summed E-state index contributed by atoms with van der Waals surface area (Å²) in [6, 6.07) is 18.4. The highest BCUT2D eigenvalue weighted by molar-refractivity contribution is 5.99. The molecule has 0 unspecified atom stereocenters. The minimum absolute atomic E-state index is 0.00194. The second-order valence-electron chi connectivity index (χ2n) is 8.02. The van der Waals surface area contributed by atoms with Gasteiger partial charge in [-0.15, -0.1) is 0 Å². The van der Waals surface area contributed by atoms with Crippen molar-refractivity contribution in [3.8, 4) is 22.6 Å². The Bertz CT molecular complexity index is 1130. The first-order chi connectivity index (χ1) is 14.2. The molecule has 29 heavy (non-hydrogen) atoms. The fourth-order valence-corrected chi connectivity index (χ4v) is 4.66. The SMILES string of the molecule is O=C(N[C@@H]1C[C@H]2OCC[C@@H]12)c1ccc2cc(-c3ccc4c(c3)OCO4)ccc2c1. The summed E-state index contributed by atoms with van der Waals surface area (Å²) in [4.78, 5) is 12.7. The quantitative estimate of drug-likeness (QED) is 0.734. The fourth-order valence-electron chi connectivity index (χ4n) is 4.66. The molecule has 1 aliphatic carbocycles.